The monoisotopic (exact) mass is 282 g/mol. The van der Waals surface area contributed by atoms with E-state index >= 15 is 0 Å². The van der Waals surface area contributed by atoms with E-state index < -0.39 is 12.1 Å². The number of nitrogens with zero attached hydrogens (tertiary/aromatic N) is 1. The molecule has 3 atom stereocenters. The number of nitrogens with one attached hydrogen (secondary N) is 1. The summed E-state index contributed by atoms with van der Waals surface area (Å²) in [6.45, 7) is 2.42. The van der Waals surface area contributed by atoms with Gasteiger partial charge < -0.3 is 15.3 Å². The van der Waals surface area contributed by atoms with Crippen molar-refractivity contribution in [1.82, 2.24) is 10.2 Å². The van der Waals surface area contributed by atoms with Crippen molar-refractivity contribution in [1.29, 1.82) is 0 Å². The van der Waals surface area contributed by atoms with Crippen molar-refractivity contribution in [2.45, 2.75) is 57.6 Å². The molecule has 0 spiro atoms. The number of carbonyl (C=O) groups is 2. The lowest BCUT2D eigenvalue weighted by Gasteiger charge is -2.25. The number of hydrogen-bond donors (Lipinski definition) is 2. The number of likely N-dealkylation sites (N-methyl/N-ethyl adjacent to an activating group) is 1. The summed E-state index contributed by atoms with van der Waals surface area (Å²) >= 11 is 0. The van der Waals surface area contributed by atoms with Crippen molar-refractivity contribution in [2.24, 2.45) is 11.8 Å². The molecule has 0 aromatic rings. The first kappa shape index (κ1) is 15.3. The topological polar surface area (TPSA) is 69.6 Å². The van der Waals surface area contributed by atoms with E-state index in [2.05, 4.69) is 5.32 Å². The Morgan fingerprint density at radius 1 is 1.40 bits per heavy atom. The van der Waals surface area contributed by atoms with Gasteiger partial charge in [0.05, 0.1) is 12.0 Å². The predicted octanol–water partition coefficient (Wildman–Crippen LogP) is 0.911. The highest BCUT2D eigenvalue weighted by atomic mass is 16.3. The zero-order valence-electron chi connectivity index (χ0n) is 12.5. The molecule has 0 radical (unpaired) electrons. The third-order valence-corrected chi connectivity index (χ3v) is 4.43. The van der Waals surface area contributed by atoms with Gasteiger partial charge in [0.2, 0.25) is 11.8 Å². The van der Waals surface area contributed by atoms with Crippen LogP contribution in [0.15, 0.2) is 0 Å². The normalized spacial score (nSPS) is 26.9. The Hall–Kier alpha value is -1.10. The summed E-state index contributed by atoms with van der Waals surface area (Å²) in [7, 11) is 1.78. The Balaban J connectivity index is 1.94. The molecule has 0 aromatic carbocycles. The van der Waals surface area contributed by atoms with E-state index in [1.807, 2.05) is 0 Å². The van der Waals surface area contributed by atoms with Crippen molar-refractivity contribution >= 4 is 11.8 Å². The molecule has 20 heavy (non-hydrogen) atoms. The number of rotatable bonds is 5. The molecule has 2 aliphatic rings. The second kappa shape index (κ2) is 6.57. The first-order valence-electron chi connectivity index (χ1n) is 7.72. The average Bonchev–Trinajstić information content (AvgIpc) is 3.21. The predicted molar refractivity (Wildman–Crippen MR) is 75.9 cm³/mol. The summed E-state index contributed by atoms with van der Waals surface area (Å²) in [5.74, 6) is 0.0175. The zero-order valence-corrected chi connectivity index (χ0v) is 12.5. The Kier molecular flexibility index (Phi) is 5.02. The lowest BCUT2D eigenvalue weighted by Crippen LogP contribution is -2.49. The Labute approximate surface area is 120 Å². The molecule has 114 valence electrons. The highest BCUT2D eigenvalue weighted by Crippen LogP contribution is 2.36. The van der Waals surface area contributed by atoms with Crippen LogP contribution >= 0.6 is 0 Å². The zero-order chi connectivity index (χ0) is 14.7. The van der Waals surface area contributed by atoms with Gasteiger partial charge in [0.1, 0.15) is 6.04 Å². The molecule has 1 heterocycles. The fourth-order valence-electron chi connectivity index (χ4n) is 2.85. The molecule has 2 amide bonds. The van der Waals surface area contributed by atoms with Gasteiger partial charge in [-0.15, -0.1) is 0 Å². The molecule has 1 saturated carbocycles. The smallest absolute Gasteiger partial charge is 0.244 e. The van der Waals surface area contributed by atoms with Crippen LogP contribution in [0.25, 0.3) is 0 Å². The fraction of sp³-hybridized carbons (Fsp3) is 0.867. The maximum absolute atomic E-state index is 12.3. The van der Waals surface area contributed by atoms with Gasteiger partial charge in [-0.05, 0) is 38.5 Å². The highest BCUT2D eigenvalue weighted by Gasteiger charge is 2.34. The highest BCUT2D eigenvalue weighted by molar-refractivity contribution is 5.88. The average molecular weight is 282 g/mol. The molecule has 0 unspecified atom stereocenters. The first-order chi connectivity index (χ1) is 9.49. The number of carbonyl (C=O) groups excluding carboxylic acids is 2. The van der Waals surface area contributed by atoms with E-state index in [0.717, 1.165) is 38.6 Å². The van der Waals surface area contributed by atoms with Crippen molar-refractivity contribution in [3.8, 4) is 0 Å². The molecule has 1 aliphatic heterocycles. The number of hydrogen-bond acceptors (Lipinski definition) is 3. The number of amides is 2. The van der Waals surface area contributed by atoms with E-state index in [0.29, 0.717) is 12.3 Å². The Morgan fingerprint density at radius 2 is 2.10 bits per heavy atom. The summed E-state index contributed by atoms with van der Waals surface area (Å²) in [6.07, 6.45) is 5.02. The van der Waals surface area contributed by atoms with Crippen LogP contribution < -0.4 is 5.32 Å². The van der Waals surface area contributed by atoms with Crippen molar-refractivity contribution in [2.75, 3.05) is 13.6 Å². The lowest BCUT2D eigenvalue weighted by molar-refractivity contribution is -0.137. The first-order valence-corrected chi connectivity index (χ1v) is 7.72. The van der Waals surface area contributed by atoms with Crippen LogP contribution in [0.3, 0.4) is 0 Å². The summed E-state index contributed by atoms with van der Waals surface area (Å²) in [5, 5.41) is 12.7. The third kappa shape index (κ3) is 3.95. The maximum atomic E-state index is 12.3. The van der Waals surface area contributed by atoms with Gasteiger partial charge >= 0.3 is 0 Å². The van der Waals surface area contributed by atoms with Gasteiger partial charge in [-0.25, -0.2) is 0 Å². The SMILES string of the molecule is C[C@H](O)[C@@H](CC1CC1)C(=O)N[C@H]1CCCCN(C)C1=O. The maximum Gasteiger partial charge on any atom is 0.244 e. The number of aliphatic hydroxyl groups excluding tert-OH is 1. The minimum Gasteiger partial charge on any atom is -0.393 e. The van der Waals surface area contributed by atoms with E-state index in [1.54, 1.807) is 18.9 Å². The second-order valence-electron chi connectivity index (χ2n) is 6.34. The van der Waals surface area contributed by atoms with Crippen molar-refractivity contribution in [3.05, 3.63) is 0 Å². The molecular formula is C15H26N2O3. The molecule has 5 heteroatoms. The van der Waals surface area contributed by atoms with Crippen molar-refractivity contribution in [3.63, 3.8) is 0 Å². The van der Waals surface area contributed by atoms with Gasteiger partial charge in [-0.3, -0.25) is 9.59 Å². The molecule has 0 aromatic heterocycles. The number of likely N-dealkylation sites (tertiary alicyclic amines) is 1. The van der Waals surface area contributed by atoms with Gasteiger partial charge in [0.15, 0.2) is 0 Å². The molecular weight excluding hydrogens is 256 g/mol. The number of aliphatic hydroxyl groups is 1. The minimum atomic E-state index is -0.658. The van der Waals surface area contributed by atoms with E-state index in [1.165, 1.54) is 0 Å². The van der Waals surface area contributed by atoms with E-state index in [9.17, 15) is 14.7 Å². The van der Waals surface area contributed by atoms with Crippen molar-refractivity contribution < 1.29 is 14.7 Å². The molecule has 2 N–H and O–H groups in total. The van der Waals surface area contributed by atoms with Crippen LogP contribution in [0, 0.1) is 11.8 Å². The van der Waals surface area contributed by atoms with Crippen LogP contribution in [0.1, 0.15) is 45.4 Å². The summed E-state index contributed by atoms with van der Waals surface area (Å²) in [4.78, 5) is 26.2. The van der Waals surface area contributed by atoms with Gasteiger partial charge in [0.25, 0.3) is 0 Å². The molecule has 5 nitrogen and oxygen atoms in total. The largest absolute Gasteiger partial charge is 0.393 e. The molecule has 2 fully saturated rings. The van der Waals surface area contributed by atoms with Crippen LogP contribution in [0.5, 0.6) is 0 Å². The summed E-state index contributed by atoms with van der Waals surface area (Å²) in [6, 6.07) is -0.421. The van der Waals surface area contributed by atoms with Crippen LogP contribution in [-0.2, 0) is 9.59 Å². The van der Waals surface area contributed by atoms with Gasteiger partial charge in [0, 0.05) is 13.6 Å². The van der Waals surface area contributed by atoms with E-state index in [-0.39, 0.29) is 17.7 Å². The third-order valence-electron chi connectivity index (χ3n) is 4.43. The molecule has 0 bridgehead atoms. The Morgan fingerprint density at radius 3 is 2.70 bits per heavy atom. The summed E-state index contributed by atoms with van der Waals surface area (Å²) < 4.78 is 0. The molecule has 1 aliphatic carbocycles. The van der Waals surface area contributed by atoms with E-state index in [4.69, 9.17) is 0 Å². The minimum absolute atomic E-state index is 0.00776. The van der Waals surface area contributed by atoms with Gasteiger partial charge in [-0.2, -0.15) is 0 Å². The van der Waals surface area contributed by atoms with Gasteiger partial charge in [-0.1, -0.05) is 12.8 Å². The molecule has 2 rings (SSSR count). The lowest BCUT2D eigenvalue weighted by atomic mass is 9.95. The van der Waals surface area contributed by atoms with Crippen LogP contribution in [-0.4, -0.2) is 47.6 Å². The second-order valence-corrected chi connectivity index (χ2v) is 6.34. The summed E-state index contributed by atoms with van der Waals surface area (Å²) in [5.41, 5.74) is 0. The quantitative estimate of drug-likeness (QED) is 0.787. The van der Waals surface area contributed by atoms with Crippen LogP contribution in [0.4, 0.5) is 0 Å². The fourth-order valence-corrected chi connectivity index (χ4v) is 2.85. The van der Waals surface area contributed by atoms with Crippen LogP contribution in [0.2, 0.25) is 0 Å². The Bertz CT molecular complexity index is 366. The molecule has 1 saturated heterocycles. The standard InChI is InChI=1S/C15H26N2O3/c1-10(18)12(9-11-6-7-11)14(19)16-13-5-3-4-8-17(2)15(13)20/h10-13,18H,3-9H2,1-2H3,(H,16,19)/t10-,12+,13-/m0/s1.